The summed E-state index contributed by atoms with van der Waals surface area (Å²) in [4.78, 5) is 19.6. The first kappa shape index (κ1) is 9.02. The lowest BCUT2D eigenvalue weighted by Crippen LogP contribution is -1.79. The van der Waals surface area contributed by atoms with Crippen LogP contribution in [0.15, 0.2) is 24.5 Å². The second-order valence-electron chi connectivity index (χ2n) is 2.83. The fourth-order valence-corrected chi connectivity index (χ4v) is 2.00. The van der Waals surface area contributed by atoms with Crippen LogP contribution in [0.1, 0.15) is 15.4 Å². The van der Waals surface area contributed by atoms with Crippen molar-refractivity contribution in [2.45, 2.75) is 6.92 Å². The number of hydrogen-bond acceptors (Lipinski definition) is 4. The van der Waals surface area contributed by atoms with Crippen molar-refractivity contribution in [3.05, 3.63) is 35.1 Å². The molecule has 0 saturated heterocycles. The molecule has 0 unspecified atom stereocenters. The lowest BCUT2D eigenvalue weighted by Gasteiger charge is -1.91. The standard InChI is InChI=1S/C10H8N2OS/c1-7-9(6-13)14-10(12-7)8-3-2-4-11-5-8/h2-6H,1H3. The molecule has 0 saturated carbocycles. The molecular weight excluding hydrogens is 196 g/mol. The van der Waals surface area contributed by atoms with Crippen LogP contribution >= 0.6 is 11.3 Å². The molecule has 2 aromatic heterocycles. The molecule has 2 heterocycles. The third-order valence-corrected chi connectivity index (χ3v) is 2.98. The highest BCUT2D eigenvalue weighted by atomic mass is 32.1. The maximum Gasteiger partial charge on any atom is 0.161 e. The number of aldehydes is 1. The summed E-state index contributed by atoms with van der Waals surface area (Å²) in [5, 5.41) is 0.845. The average molecular weight is 204 g/mol. The molecule has 0 bridgehead atoms. The molecule has 3 nitrogen and oxygen atoms in total. The second-order valence-corrected chi connectivity index (χ2v) is 3.86. The number of hydrogen-bond donors (Lipinski definition) is 0. The number of rotatable bonds is 2. The molecule has 0 radical (unpaired) electrons. The minimum Gasteiger partial charge on any atom is -0.297 e. The molecule has 2 aromatic rings. The van der Waals surface area contributed by atoms with Crippen molar-refractivity contribution >= 4 is 17.6 Å². The predicted octanol–water partition coefficient (Wildman–Crippen LogP) is 2.33. The van der Waals surface area contributed by atoms with E-state index in [0.29, 0.717) is 4.88 Å². The van der Waals surface area contributed by atoms with Crippen LogP contribution in [0.4, 0.5) is 0 Å². The zero-order valence-corrected chi connectivity index (χ0v) is 8.41. The van der Waals surface area contributed by atoms with Gasteiger partial charge in [-0.2, -0.15) is 0 Å². The molecule has 4 heteroatoms. The molecular formula is C10H8N2OS. The van der Waals surface area contributed by atoms with Crippen LogP contribution in [-0.4, -0.2) is 16.3 Å². The smallest absolute Gasteiger partial charge is 0.161 e. The maximum absolute atomic E-state index is 10.6. The van der Waals surface area contributed by atoms with Gasteiger partial charge in [-0.25, -0.2) is 4.98 Å². The summed E-state index contributed by atoms with van der Waals surface area (Å²) in [5.74, 6) is 0. The Morgan fingerprint density at radius 1 is 1.50 bits per heavy atom. The highest BCUT2D eigenvalue weighted by Gasteiger charge is 2.07. The van der Waals surface area contributed by atoms with Crippen molar-refractivity contribution in [1.29, 1.82) is 0 Å². The summed E-state index contributed by atoms with van der Waals surface area (Å²) >= 11 is 1.39. The molecule has 0 N–H and O–H groups in total. The van der Waals surface area contributed by atoms with Gasteiger partial charge in [-0.05, 0) is 19.1 Å². The summed E-state index contributed by atoms with van der Waals surface area (Å²) in [5.41, 5.74) is 1.73. The molecule has 70 valence electrons. The molecule has 2 rings (SSSR count). The number of aromatic nitrogens is 2. The number of carbonyl (C=O) groups excluding carboxylic acids is 1. The van der Waals surface area contributed by atoms with Crippen LogP contribution in [0, 0.1) is 6.92 Å². The zero-order valence-electron chi connectivity index (χ0n) is 7.60. The number of carbonyl (C=O) groups is 1. The van der Waals surface area contributed by atoms with E-state index < -0.39 is 0 Å². The van der Waals surface area contributed by atoms with E-state index >= 15 is 0 Å². The summed E-state index contributed by atoms with van der Waals surface area (Å²) in [6, 6.07) is 3.78. The lowest BCUT2D eigenvalue weighted by molar-refractivity contribution is 0.112. The Morgan fingerprint density at radius 3 is 2.93 bits per heavy atom. The highest BCUT2D eigenvalue weighted by Crippen LogP contribution is 2.25. The molecule has 0 amide bonds. The van der Waals surface area contributed by atoms with Gasteiger partial charge in [0.1, 0.15) is 5.01 Å². The largest absolute Gasteiger partial charge is 0.297 e. The summed E-state index contributed by atoms with van der Waals surface area (Å²) in [7, 11) is 0. The Balaban J connectivity index is 2.48. The van der Waals surface area contributed by atoms with E-state index in [0.717, 1.165) is 22.6 Å². The monoisotopic (exact) mass is 204 g/mol. The van der Waals surface area contributed by atoms with Crippen molar-refractivity contribution in [2.75, 3.05) is 0 Å². The van der Waals surface area contributed by atoms with Gasteiger partial charge in [-0.1, -0.05) is 0 Å². The Labute approximate surface area is 85.5 Å². The normalized spacial score (nSPS) is 10.1. The minimum atomic E-state index is 0.684. The van der Waals surface area contributed by atoms with Gasteiger partial charge >= 0.3 is 0 Å². The Kier molecular flexibility index (Phi) is 2.37. The number of nitrogens with zero attached hydrogens (tertiary/aromatic N) is 2. The second kappa shape index (κ2) is 3.67. The van der Waals surface area contributed by atoms with E-state index in [4.69, 9.17) is 0 Å². The van der Waals surface area contributed by atoms with Crippen molar-refractivity contribution < 1.29 is 4.79 Å². The quantitative estimate of drug-likeness (QED) is 0.705. The maximum atomic E-state index is 10.6. The molecule has 0 fully saturated rings. The van der Waals surface area contributed by atoms with E-state index in [1.54, 1.807) is 12.4 Å². The van der Waals surface area contributed by atoms with Crippen LogP contribution in [0.3, 0.4) is 0 Å². The fraction of sp³-hybridized carbons (Fsp3) is 0.100. The molecule has 0 aliphatic heterocycles. The minimum absolute atomic E-state index is 0.684. The first-order valence-electron chi connectivity index (χ1n) is 4.14. The van der Waals surface area contributed by atoms with Crippen LogP contribution in [0.2, 0.25) is 0 Å². The van der Waals surface area contributed by atoms with Crippen LogP contribution in [0.5, 0.6) is 0 Å². The van der Waals surface area contributed by atoms with Gasteiger partial charge in [0.25, 0.3) is 0 Å². The Morgan fingerprint density at radius 2 is 2.36 bits per heavy atom. The lowest BCUT2D eigenvalue weighted by atomic mass is 10.3. The van der Waals surface area contributed by atoms with Crippen LogP contribution in [0.25, 0.3) is 10.6 Å². The number of aryl methyl sites for hydroxylation is 1. The van der Waals surface area contributed by atoms with E-state index in [-0.39, 0.29) is 0 Å². The highest BCUT2D eigenvalue weighted by molar-refractivity contribution is 7.16. The van der Waals surface area contributed by atoms with Gasteiger partial charge in [0, 0.05) is 18.0 Å². The summed E-state index contributed by atoms with van der Waals surface area (Å²) in [6.07, 6.45) is 4.30. The first-order valence-corrected chi connectivity index (χ1v) is 4.96. The fourth-order valence-electron chi connectivity index (χ4n) is 1.13. The van der Waals surface area contributed by atoms with Gasteiger partial charge in [-0.3, -0.25) is 9.78 Å². The van der Waals surface area contributed by atoms with E-state index in [1.165, 1.54) is 11.3 Å². The Bertz CT molecular complexity index is 450. The third-order valence-electron chi connectivity index (χ3n) is 1.85. The van der Waals surface area contributed by atoms with Crippen molar-refractivity contribution in [1.82, 2.24) is 9.97 Å². The molecule has 0 spiro atoms. The Hall–Kier alpha value is -1.55. The molecule has 0 aromatic carbocycles. The van der Waals surface area contributed by atoms with E-state index in [1.807, 2.05) is 19.1 Å². The molecule has 0 atom stereocenters. The van der Waals surface area contributed by atoms with E-state index in [2.05, 4.69) is 9.97 Å². The average Bonchev–Trinajstić information content (AvgIpc) is 2.61. The molecule has 14 heavy (non-hydrogen) atoms. The van der Waals surface area contributed by atoms with Crippen LogP contribution in [-0.2, 0) is 0 Å². The zero-order chi connectivity index (χ0) is 9.97. The summed E-state index contributed by atoms with van der Waals surface area (Å²) < 4.78 is 0. The number of thiazole rings is 1. The SMILES string of the molecule is Cc1nc(-c2cccnc2)sc1C=O. The summed E-state index contributed by atoms with van der Waals surface area (Å²) in [6.45, 7) is 1.83. The van der Waals surface area contributed by atoms with Gasteiger partial charge < -0.3 is 0 Å². The van der Waals surface area contributed by atoms with Gasteiger partial charge in [0.2, 0.25) is 0 Å². The molecule has 0 aliphatic rings. The van der Waals surface area contributed by atoms with Gasteiger partial charge in [-0.15, -0.1) is 11.3 Å². The van der Waals surface area contributed by atoms with Crippen molar-refractivity contribution in [2.24, 2.45) is 0 Å². The van der Waals surface area contributed by atoms with Crippen molar-refractivity contribution in [3.8, 4) is 10.6 Å². The molecule has 0 aliphatic carbocycles. The predicted molar refractivity (Wildman–Crippen MR) is 55.5 cm³/mol. The number of pyridine rings is 1. The topological polar surface area (TPSA) is 42.9 Å². The van der Waals surface area contributed by atoms with Crippen molar-refractivity contribution in [3.63, 3.8) is 0 Å². The van der Waals surface area contributed by atoms with Gasteiger partial charge in [0.05, 0.1) is 10.6 Å². The van der Waals surface area contributed by atoms with E-state index in [9.17, 15) is 4.79 Å². The first-order chi connectivity index (χ1) is 6.81. The van der Waals surface area contributed by atoms with Crippen LogP contribution < -0.4 is 0 Å². The van der Waals surface area contributed by atoms with Gasteiger partial charge in [0.15, 0.2) is 6.29 Å². The third kappa shape index (κ3) is 1.56.